The van der Waals surface area contributed by atoms with Gasteiger partial charge in [-0.05, 0) is 60.6 Å². The Labute approximate surface area is 208 Å². The van der Waals surface area contributed by atoms with E-state index in [1.807, 2.05) is 38.1 Å². The van der Waals surface area contributed by atoms with Gasteiger partial charge in [0.05, 0.1) is 12.7 Å². The van der Waals surface area contributed by atoms with Crippen LogP contribution in [0.2, 0.25) is 0 Å². The average Bonchev–Trinajstić information content (AvgIpc) is 2.88. The number of nitrogens with zero attached hydrogens (tertiary/aromatic N) is 1. The molecule has 0 aliphatic rings. The van der Waals surface area contributed by atoms with Crippen LogP contribution >= 0.6 is 0 Å². The molecule has 1 amide bonds. The summed E-state index contributed by atoms with van der Waals surface area (Å²) < 4.78 is 5.45. The van der Waals surface area contributed by atoms with Crippen molar-refractivity contribution in [3.63, 3.8) is 0 Å². The number of ether oxygens (including phenoxy) is 1. The van der Waals surface area contributed by atoms with E-state index in [2.05, 4.69) is 63.7 Å². The number of carbonyl (C=O) groups excluding carboxylic acids is 1. The highest BCUT2D eigenvalue weighted by Gasteiger charge is 2.16. The summed E-state index contributed by atoms with van der Waals surface area (Å²) >= 11 is 0. The highest BCUT2D eigenvalue weighted by molar-refractivity contribution is 6.06. The number of hydrogen-bond acceptors (Lipinski definition) is 3. The summed E-state index contributed by atoms with van der Waals surface area (Å²) in [6, 6.07) is 11.8. The normalized spacial score (nSPS) is 11.2. The second kappa shape index (κ2) is 15.2. The third kappa shape index (κ3) is 7.93. The summed E-state index contributed by atoms with van der Waals surface area (Å²) in [5.41, 5.74) is 5.82. The molecule has 1 atom stereocenters. The van der Waals surface area contributed by atoms with E-state index in [4.69, 9.17) is 4.74 Å². The number of aryl methyl sites for hydroxylation is 2. The molecule has 0 aliphatic heterocycles. The standard InChI is InChI=1S/C28H40N2O2.C2H6/c1-8-12-22(10-3)19-30(6)20(5)25-16-14-24(18-23(25)11-4)29-28(31)26-15-13-21(9-2)17-27(26)32-7;1-2/h13-18,22H,5,8-12,19H2,1-4,6-7H3,(H,29,31);1-2H3. The number of carbonyl (C=O) groups is 1. The number of anilines is 1. The molecule has 0 aromatic heterocycles. The fourth-order valence-corrected chi connectivity index (χ4v) is 4.12. The third-order valence-electron chi connectivity index (χ3n) is 6.24. The van der Waals surface area contributed by atoms with E-state index < -0.39 is 0 Å². The van der Waals surface area contributed by atoms with Crippen molar-refractivity contribution in [1.29, 1.82) is 0 Å². The third-order valence-corrected chi connectivity index (χ3v) is 6.24. The lowest BCUT2D eigenvalue weighted by Gasteiger charge is -2.28. The predicted octanol–water partition coefficient (Wildman–Crippen LogP) is 7.83. The van der Waals surface area contributed by atoms with E-state index in [1.54, 1.807) is 7.11 Å². The van der Waals surface area contributed by atoms with Crippen molar-refractivity contribution in [2.24, 2.45) is 5.92 Å². The molecule has 4 heteroatoms. The molecule has 2 rings (SSSR count). The lowest BCUT2D eigenvalue weighted by atomic mass is 9.98. The zero-order valence-corrected chi connectivity index (χ0v) is 22.8. The van der Waals surface area contributed by atoms with Gasteiger partial charge in [0.25, 0.3) is 5.91 Å². The fraction of sp³-hybridized carbons (Fsp3) is 0.500. The summed E-state index contributed by atoms with van der Waals surface area (Å²) in [5, 5.41) is 3.04. The van der Waals surface area contributed by atoms with Crippen LogP contribution in [0.15, 0.2) is 43.0 Å². The van der Waals surface area contributed by atoms with Gasteiger partial charge in [-0.3, -0.25) is 4.79 Å². The van der Waals surface area contributed by atoms with E-state index in [1.165, 1.54) is 24.8 Å². The molecule has 0 heterocycles. The molecule has 34 heavy (non-hydrogen) atoms. The van der Waals surface area contributed by atoms with Crippen molar-refractivity contribution in [1.82, 2.24) is 4.90 Å². The van der Waals surface area contributed by atoms with E-state index in [9.17, 15) is 4.79 Å². The molecule has 2 aromatic carbocycles. The number of hydrogen-bond donors (Lipinski definition) is 1. The Morgan fingerprint density at radius 3 is 2.26 bits per heavy atom. The average molecular weight is 467 g/mol. The highest BCUT2D eigenvalue weighted by Crippen LogP contribution is 2.27. The lowest BCUT2D eigenvalue weighted by Crippen LogP contribution is -2.24. The maximum absolute atomic E-state index is 12.9. The van der Waals surface area contributed by atoms with E-state index >= 15 is 0 Å². The summed E-state index contributed by atoms with van der Waals surface area (Å²) in [5.74, 6) is 1.11. The Balaban J connectivity index is 0.00000281. The van der Waals surface area contributed by atoms with Gasteiger partial charge in [-0.15, -0.1) is 0 Å². The Bertz CT molecular complexity index is 920. The van der Waals surface area contributed by atoms with Crippen molar-refractivity contribution in [2.75, 3.05) is 26.0 Å². The van der Waals surface area contributed by atoms with Gasteiger partial charge >= 0.3 is 0 Å². The number of amides is 1. The number of nitrogens with one attached hydrogen (secondary N) is 1. The van der Waals surface area contributed by atoms with Gasteiger partial charge < -0.3 is 15.0 Å². The first kappa shape index (κ1) is 29.3. The molecule has 4 nitrogen and oxygen atoms in total. The van der Waals surface area contributed by atoms with Crippen molar-refractivity contribution in [3.8, 4) is 5.75 Å². The van der Waals surface area contributed by atoms with Crippen LogP contribution in [0, 0.1) is 5.92 Å². The molecule has 0 bridgehead atoms. The van der Waals surface area contributed by atoms with Crippen molar-refractivity contribution in [2.45, 2.75) is 73.6 Å². The van der Waals surface area contributed by atoms with E-state index in [0.29, 0.717) is 17.2 Å². The maximum Gasteiger partial charge on any atom is 0.259 e. The minimum absolute atomic E-state index is 0.166. The van der Waals surface area contributed by atoms with Crippen LogP contribution in [-0.2, 0) is 12.8 Å². The van der Waals surface area contributed by atoms with Crippen LogP contribution in [0.4, 0.5) is 5.69 Å². The van der Waals surface area contributed by atoms with Crippen LogP contribution in [0.25, 0.3) is 5.70 Å². The van der Waals surface area contributed by atoms with Gasteiger partial charge in [0.2, 0.25) is 0 Å². The Morgan fingerprint density at radius 1 is 1.03 bits per heavy atom. The molecule has 0 fully saturated rings. The quantitative estimate of drug-likeness (QED) is 0.346. The van der Waals surface area contributed by atoms with Gasteiger partial charge in [-0.1, -0.05) is 73.1 Å². The molecule has 0 saturated heterocycles. The summed E-state index contributed by atoms with van der Waals surface area (Å²) in [6.07, 6.45) is 5.39. The molecule has 1 unspecified atom stereocenters. The van der Waals surface area contributed by atoms with Gasteiger partial charge in [0.1, 0.15) is 5.75 Å². The number of rotatable bonds is 12. The smallest absolute Gasteiger partial charge is 0.259 e. The highest BCUT2D eigenvalue weighted by atomic mass is 16.5. The van der Waals surface area contributed by atoms with Gasteiger partial charge in [-0.2, -0.15) is 0 Å². The van der Waals surface area contributed by atoms with Gasteiger partial charge in [0, 0.05) is 30.5 Å². The van der Waals surface area contributed by atoms with Gasteiger partial charge in [-0.25, -0.2) is 0 Å². The van der Waals surface area contributed by atoms with Crippen molar-refractivity contribution < 1.29 is 9.53 Å². The monoisotopic (exact) mass is 466 g/mol. The molecular weight excluding hydrogens is 420 g/mol. The molecule has 0 aliphatic carbocycles. The minimum Gasteiger partial charge on any atom is -0.496 e. The Hall–Kier alpha value is -2.75. The van der Waals surface area contributed by atoms with E-state index in [0.717, 1.165) is 41.9 Å². The first-order valence-corrected chi connectivity index (χ1v) is 12.9. The summed E-state index contributed by atoms with van der Waals surface area (Å²) in [7, 11) is 3.73. The van der Waals surface area contributed by atoms with Crippen molar-refractivity contribution >= 4 is 17.3 Å². The van der Waals surface area contributed by atoms with E-state index in [-0.39, 0.29) is 5.91 Å². The largest absolute Gasteiger partial charge is 0.496 e. The molecule has 0 saturated carbocycles. The summed E-state index contributed by atoms with van der Waals surface area (Å²) in [6.45, 7) is 18.1. The van der Waals surface area contributed by atoms with Crippen LogP contribution in [-0.4, -0.2) is 31.5 Å². The Kier molecular flexibility index (Phi) is 13.1. The predicted molar refractivity (Wildman–Crippen MR) is 148 cm³/mol. The van der Waals surface area contributed by atoms with Crippen molar-refractivity contribution in [3.05, 3.63) is 65.2 Å². The lowest BCUT2D eigenvalue weighted by molar-refractivity contribution is 0.102. The second-order valence-corrected chi connectivity index (χ2v) is 8.46. The summed E-state index contributed by atoms with van der Waals surface area (Å²) in [4.78, 5) is 15.2. The SMILES string of the molecule is C=C(c1ccc(NC(=O)c2ccc(CC)cc2OC)cc1CC)N(C)CC(CC)CCC.CC. The molecular formula is C30H46N2O2. The Morgan fingerprint density at radius 2 is 1.71 bits per heavy atom. The van der Waals surface area contributed by atoms with Crippen LogP contribution in [0.3, 0.4) is 0 Å². The first-order valence-electron chi connectivity index (χ1n) is 12.9. The zero-order valence-electron chi connectivity index (χ0n) is 22.8. The van der Waals surface area contributed by atoms with Crippen LogP contribution in [0.5, 0.6) is 5.75 Å². The molecule has 2 aromatic rings. The zero-order chi connectivity index (χ0) is 25.7. The molecule has 188 valence electrons. The second-order valence-electron chi connectivity index (χ2n) is 8.46. The molecule has 0 radical (unpaired) electrons. The molecule has 0 spiro atoms. The van der Waals surface area contributed by atoms with Crippen LogP contribution in [0.1, 0.15) is 87.9 Å². The first-order chi connectivity index (χ1) is 16.4. The fourth-order valence-electron chi connectivity index (χ4n) is 4.12. The topological polar surface area (TPSA) is 41.6 Å². The maximum atomic E-state index is 12.9. The number of methoxy groups -OCH3 is 1. The van der Waals surface area contributed by atoms with Crippen LogP contribution < -0.4 is 10.1 Å². The van der Waals surface area contributed by atoms with Gasteiger partial charge in [0.15, 0.2) is 0 Å². The number of benzene rings is 2. The minimum atomic E-state index is -0.166. The molecule has 1 N–H and O–H groups in total.